The first kappa shape index (κ1) is 16.4. The maximum Gasteiger partial charge on any atom is 0.406 e. The Morgan fingerprint density at radius 1 is 1.24 bits per heavy atom. The lowest BCUT2D eigenvalue weighted by molar-refractivity contribution is -0.223. The number of ether oxygens (including phenoxy) is 1. The van der Waals surface area contributed by atoms with Crippen molar-refractivity contribution >= 4 is 13.9 Å². The van der Waals surface area contributed by atoms with Gasteiger partial charge in [0.1, 0.15) is 0 Å². The van der Waals surface area contributed by atoms with Crippen molar-refractivity contribution in [3.8, 4) is 0 Å². The van der Waals surface area contributed by atoms with Crippen LogP contribution in [0.4, 0.5) is 4.79 Å². The van der Waals surface area contributed by atoms with Crippen molar-refractivity contribution in [2.45, 2.75) is 25.7 Å². The molecular weight excluding hydrogens is 249 g/mol. The molecule has 0 spiro atoms. The van der Waals surface area contributed by atoms with E-state index in [2.05, 4.69) is 19.1 Å². The number of hydrogen-bond acceptors (Lipinski definition) is 6. The Morgan fingerprint density at radius 2 is 1.88 bits per heavy atom. The van der Waals surface area contributed by atoms with Crippen molar-refractivity contribution in [2.75, 3.05) is 27.4 Å². The summed E-state index contributed by atoms with van der Waals surface area (Å²) in [5.41, 5.74) is 0. The molecule has 1 amide bonds. The molecule has 1 N–H and O–H groups in total. The van der Waals surface area contributed by atoms with Crippen LogP contribution in [-0.2, 0) is 18.3 Å². The zero-order chi connectivity index (χ0) is 13.1. The second kappa shape index (κ2) is 9.41. The van der Waals surface area contributed by atoms with Crippen LogP contribution >= 0.6 is 7.82 Å². The van der Waals surface area contributed by atoms with Gasteiger partial charge >= 0.3 is 6.09 Å². The Kier molecular flexibility index (Phi) is 9.07. The molecule has 0 heterocycles. The van der Waals surface area contributed by atoms with Crippen molar-refractivity contribution < 1.29 is 28.0 Å². The van der Waals surface area contributed by atoms with E-state index in [1.807, 2.05) is 0 Å². The first-order valence-corrected chi connectivity index (χ1v) is 6.81. The fourth-order valence-corrected chi connectivity index (χ4v) is 1.53. The van der Waals surface area contributed by atoms with Crippen LogP contribution in [0, 0.1) is 0 Å². The molecule has 0 saturated heterocycles. The molecule has 0 aliphatic heterocycles. The molecule has 0 bridgehead atoms. The van der Waals surface area contributed by atoms with Gasteiger partial charge in [-0.05, 0) is 12.8 Å². The number of rotatable bonds is 9. The normalized spacial score (nSPS) is 14.1. The van der Waals surface area contributed by atoms with Crippen LogP contribution in [0.15, 0.2) is 0 Å². The number of carbonyl (C=O) groups excluding carboxylic acids is 1. The van der Waals surface area contributed by atoms with Crippen LogP contribution in [0.25, 0.3) is 0 Å². The largest absolute Gasteiger partial charge is 0.756 e. The summed E-state index contributed by atoms with van der Waals surface area (Å²) < 4.78 is 23.8. The van der Waals surface area contributed by atoms with Gasteiger partial charge in [0.25, 0.3) is 7.82 Å². The topological polar surface area (TPSA) is 96.9 Å². The van der Waals surface area contributed by atoms with Gasteiger partial charge in [-0.25, -0.2) is 4.79 Å². The molecule has 1 atom stereocenters. The summed E-state index contributed by atoms with van der Waals surface area (Å²) >= 11 is 0. The SMILES string of the molecule is COC(=O)NCCCCCCOP(=O)([O-])OC. The first-order chi connectivity index (χ1) is 8.02. The second-order valence-electron chi connectivity index (χ2n) is 3.30. The molecule has 0 saturated carbocycles. The number of alkyl carbamates (subject to hydrolysis) is 1. The third-order valence-corrected chi connectivity index (χ3v) is 2.94. The highest BCUT2D eigenvalue weighted by molar-refractivity contribution is 7.45. The van der Waals surface area contributed by atoms with Gasteiger partial charge in [-0.2, -0.15) is 0 Å². The molecule has 7 nitrogen and oxygen atoms in total. The fraction of sp³-hybridized carbons (Fsp3) is 0.889. The van der Waals surface area contributed by atoms with Gasteiger partial charge in [-0.15, -0.1) is 0 Å². The number of phosphoric acid groups is 1. The maximum absolute atomic E-state index is 10.8. The van der Waals surface area contributed by atoms with Crippen molar-refractivity contribution in [1.29, 1.82) is 0 Å². The Bertz CT molecular complexity index is 260. The third kappa shape index (κ3) is 10.3. The average Bonchev–Trinajstić information content (AvgIpc) is 2.32. The van der Waals surface area contributed by atoms with Crippen LogP contribution < -0.4 is 10.2 Å². The molecule has 0 aliphatic carbocycles. The van der Waals surface area contributed by atoms with Crippen molar-refractivity contribution in [2.24, 2.45) is 0 Å². The maximum atomic E-state index is 10.8. The lowest BCUT2D eigenvalue weighted by Gasteiger charge is -2.19. The van der Waals surface area contributed by atoms with E-state index in [1.54, 1.807) is 0 Å². The summed E-state index contributed by atoms with van der Waals surface area (Å²) in [4.78, 5) is 21.4. The van der Waals surface area contributed by atoms with Gasteiger partial charge < -0.3 is 24.0 Å². The summed E-state index contributed by atoms with van der Waals surface area (Å²) in [5.74, 6) is 0. The standard InChI is InChI=1S/C9H20NO6P/c1-14-9(11)10-7-5-3-4-6-8-16-17(12,13)15-2/h3-8H2,1-2H3,(H,10,11)(H,12,13)/p-1. The van der Waals surface area contributed by atoms with Crippen LogP contribution in [0.5, 0.6) is 0 Å². The number of phosphoric ester groups is 1. The molecule has 0 rings (SSSR count). The van der Waals surface area contributed by atoms with Gasteiger partial charge in [0, 0.05) is 13.7 Å². The van der Waals surface area contributed by atoms with Crippen LogP contribution in [0.3, 0.4) is 0 Å². The predicted octanol–water partition coefficient (Wildman–Crippen LogP) is 1.03. The lowest BCUT2D eigenvalue weighted by Crippen LogP contribution is -2.23. The molecule has 0 aromatic carbocycles. The van der Waals surface area contributed by atoms with E-state index in [1.165, 1.54) is 7.11 Å². The highest BCUT2D eigenvalue weighted by Gasteiger charge is 2.04. The van der Waals surface area contributed by atoms with E-state index in [0.717, 1.165) is 26.4 Å². The zero-order valence-electron chi connectivity index (χ0n) is 10.1. The monoisotopic (exact) mass is 268 g/mol. The minimum absolute atomic E-state index is 0.124. The van der Waals surface area contributed by atoms with Gasteiger partial charge in [0.05, 0.1) is 13.7 Å². The minimum atomic E-state index is -4.08. The molecule has 17 heavy (non-hydrogen) atoms. The Morgan fingerprint density at radius 3 is 2.47 bits per heavy atom. The number of hydrogen-bond donors (Lipinski definition) is 1. The Balaban J connectivity index is 3.25. The molecule has 8 heteroatoms. The molecular formula is C9H19NO6P-. The van der Waals surface area contributed by atoms with E-state index in [0.29, 0.717) is 13.0 Å². The van der Waals surface area contributed by atoms with Crippen molar-refractivity contribution in [3.05, 3.63) is 0 Å². The Hall–Kier alpha value is -0.620. The number of unbranched alkanes of at least 4 members (excludes halogenated alkanes) is 3. The van der Waals surface area contributed by atoms with Crippen LogP contribution in [-0.4, -0.2) is 33.5 Å². The molecule has 0 aromatic heterocycles. The molecule has 0 fully saturated rings. The predicted molar refractivity (Wildman–Crippen MR) is 59.4 cm³/mol. The third-order valence-electron chi connectivity index (χ3n) is 2.00. The van der Waals surface area contributed by atoms with Gasteiger partial charge in [0.2, 0.25) is 0 Å². The fourth-order valence-electron chi connectivity index (χ4n) is 1.07. The van der Waals surface area contributed by atoms with Crippen molar-refractivity contribution in [3.63, 3.8) is 0 Å². The summed E-state index contributed by atoms with van der Waals surface area (Å²) in [6.45, 7) is 0.671. The Labute approximate surface area is 101 Å². The highest BCUT2D eigenvalue weighted by Crippen LogP contribution is 2.36. The van der Waals surface area contributed by atoms with E-state index in [9.17, 15) is 14.3 Å². The number of methoxy groups -OCH3 is 1. The molecule has 0 aromatic rings. The molecule has 1 unspecified atom stereocenters. The number of carbonyl (C=O) groups is 1. The van der Waals surface area contributed by atoms with Crippen molar-refractivity contribution in [1.82, 2.24) is 5.32 Å². The second-order valence-corrected chi connectivity index (χ2v) is 4.81. The van der Waals surface area contributed by atoms with E-state index < -0.39 is 13.9 Å². The smallest absolute Gasteiger partial charge is 0.406 e. The van der Waals surface area contributed by atoms with E-state index in [4.69, 9.17) is 0 Å². The van der Waals surface area contributed by atoms with Gasteiger partial charge in [-0.3, -0.25) is 4.57 Å². The van der Waals surface area contributed by atoms with E-state index in [-0.39, 0.29) is 6.61 Å². The minimum Gasteiger partial charge on any atom is -0.756 e. The zero-order valence-corrected chi connectivity index (χ0v) is 11.0. The first-order valence-electron chi connectivity index (χ1n) is 5.35. The lowest BCUT2D eigenvalue weighted by atomic mass is 10.2. The number of nitrogens with one attached hydrogen (secondary N) is 1. The average molecular weight is 268 g/mol. The van der Waals surface area contributed by atoms with Gasteiger partial charge in [-0.1, -0.05) is 12.8 Å². The highest BCUT2D eigenvalue weighted by atomic mass is 31.2. The number of amides is 1. The summed E-state index contributed by atoms with van der Waals surface area (Å²) in [6, 6.07) is 0. The molecule has 102 valence electrons. The summed E-state index contributed by atoms with van der Waals surface area (Å²) in [6.07, 6.45) is 2.71. The summed E-state index contributed by atoms with van der Waals surface area (Å²) in [5, 5.41) is 2.55. The summed E-state index contributed by atoms with van der Waals surface area (Å²) in [7, 11) is -1.70. The van der Waals surface area contributed by atoms with Gasteiger partial charge in [0.15, 0.2) is 0 Å². The van der Waals surface area contributed by atoms with Crippen LogP contribution in [0.1, 0.15) is 25.7 Å². The quantitative estimate of drug-likeness (QED) is 0.495. The van der Waals surface area contributed by atoms with E-state index >= 15 is 0 Å². The van der Waals surface area contributed by atoms with Crippen LogP contribution in [0.2, 0.25) is 0 Å². The molecule has 0 radical (unpaired) electrons. The molecule has 0 aliphatic rings.